The molecule has 0 spiro atoms. The van der Waals surface area contributed by atoms with E-state index in [0.717, 1.165) is 18.6 Å². The summed E-state index contributed by atoms with van der Waals surface area (Å²) in [4.78, 5) is 11.8. The van der Waals surface area contributed by atoms with Crippen LogP contribution in [0.1, 0.15) is 31.7 Å². The first kappa shape index (κ1) is 15.9. The molecular formula is C15H19F2NO3. The Morgan fingerprint density at radius 2 is 2.00 bits per heavy atom. The molecule has 1 heterocycles. The monoisotopic (exact) mass is 299 g/mol. The molecule has 6 heteroatoms. The summed E-state index contributed by atoms with van der Waals surface area (Å²) in [7, 11) is 0. The van der Waals surface area contributed by atoms with Gasteiger partial charge in [-0.15, -0.1) is 0 Å². The lowest BCUT2D eigenvalue weighted by Crippen LogP contribution is -2.45. The third-order valence-corrected chi connectivity index (χ3v) is 4.07. The van der Waals surface area contributed by atoms with E-state index in [9.17, 15) is 18.7 Å². The fourth-order valence-corrected chi connectivity index (χ4v) is 2.87. The minimum absolute atomic E-state index is 0.0400. The topological polar surface area (TPSA) is 72.6 Å². The Bertz CT molecular complexity index is 517. The summed E-state index contributed by atoms with van der Waals surface area (Å²) in [5, 5.41) is 9.60. The highest BCUT2D eigenvalue weighted by molar-refractivity contribution is 5.82. The summed E-state index contributed by atoms with van der Waals surface area (Å²) in [6.07, 6.45) is 1.44. The third kappa shape index (κ3) is 3.22. The molecule has 0 bridgehead atoms. The Morgan fingerprint density at radius 1 is 1.38 bits per heavy atom. The van der Waals surface area contributed by atoms with E-state index < -0.39 is 23.0 Å². The summed E-state index contributed by atoms with van der Waals surface area (Å²) in [6, 6.07) is 2.77. The van der Waals surface area contributed by atoms with Crippen LogP contribution in [0.5, 0.6) is 0 Å². The lowest BCUT2D eigenvalue weighted by Gasteiger charge is -2.31. The van der Waals surface area contributed by atoms with Gasteiger partial charge in [0, 0.05) is 12.6 Å². The summed E-state index contributed by atoms with van der Waals surface area (Å²) in [5.74, 6) is -2.83. The predicted octanol–water partition coefficient (Wildman–Crippen LogP) is 2.20. The molecule has 3 atom stereocenters. The summed E-state index contributed by atoms with van der Waals surface area (Å²) < 4.78 is 32.5. The largest absolute Gasteiger partial charge is 0.481 e. The second kappa shape index (κ2) is 6.07. The van der Waals surface area contributed by atoms with Gasteiger partial charge in [-0.05, 0) is 43.9 Å². The zero-order valence-electron chi connectivity index (χ0n) is 11.8. The molecule has 1 fully saturated rings. The van der Waals surface area contributed by atoms with E-state index >= 15 is 0 Å². The number of carboxylic acids is 1. The highest BCUT2D eigenvalue weighted by atomic mass is 19.1. The minimum atomic E-state index is -1.54. The quantitative estimate of drug-likeness (QED) is 0.874. The van der Waals surface area contributed by atoms with Gasteiger partial charge in [-0.25, -0.2) is 8.78 Å². The van der Waals surface area contributed by atoms with E-state index in [0.29, 0.717) is 12.5 Å². The number of hydrogen-bond donors (Lipinski definition) is 2. The standard InChI is InChI=1S/C15H19F2NO3/c1-9-2-3-13(21-9)7-15(8-18,14(19)20)10-4-11(16)6-12(17)5-10/h4-6,9,13H,2-3,7-8,18H2,1H3,(H,19,20). The smallest absolute Gasteiger partial charge is 0.315 e. The molecule has 1 aliphatic rings. The molecule has 0 aromatic heterocycles. The number of benzene rings is 1. The molecule has 0 radical (unpaired) electrons. The molecule has 0 aliphatic carbocycles. The first-order valence-electron chi connectivity index (χ1n) is 6.93. The number of aliphatic carboxylic acids is 1. The molecule has 116 valence electrons. The molecule has 0 saturated carbocycles. The van der Waals surface area contributed by atoms with Gasteiger partial charge in [0.25, 0.3) is 0 Å². The molecule has 21 heavy (non-hydrogen) atoms. The Kier molecular flexibility index (Phi) is 4.58. The van der Waals surface area contributed by atoms with Crippen molar-refractivity contribution < 1.29 is 23.4 Å². The van der Waals surface area contributed by atoms with Crippen molar-refractivity contribution in [2.75, 3.05) is 6.54 Å². The van der Waals surface area contributed by atoms with E-state index in [1.54, 1.807) is 0 Å². The first-order chi connectivity index (χ1) is 9.87. The zero-order chi connectivity index (χ0) is 15.6. The number of carbonyl (C=O) groups is 1. The van der Waals surface area contributed by atoms with Gasteiger partial charge in [-0.1, -0.05) is 0 Å². The Balaban J connectivity index is 2.38. The Labute approximate surface area is 121 Å². The molecular weight excluding hydrogens is 280 g/mol. The molecule has 3 N–H and O–H groups in total. The van der Waals surface area contributed by atoms with E-state index in [2.05, 4.69) is 0 Å². The van der Waals surface area contributed by atoms with E-state index in [4.69, 9.17) is 10.5 Å². The average Bonchev–Trinajstić information content (AvgIpc) is 2.79. The molecule has 3 unspecified atom stereocenters. The van der Waals surface area contributed by atoms with Crippen LogP contribution in [0.3, 0.4) is 0 Å². The summed E-state index contributed by atoms with van der Waals surface area (Å²) in [6.45, 7) is 1.66. The number of ether oxygens (including phenoxy) is 1. The van der Waals surface area contributed by atoms with Gasteiger partial charge in [-0.2, -0.15) is 0 Å². The van der Waals surface area contributed by atoms with Gasteiger partial charge in [-0.3, -0.25) is 4.79 Å². The van der Waals surface area contributed by atoms with E-state index in [1.165, 1.54) is 0 Å². The van der Waals surface area contributed by atoms with Crippen LogP contribution in [0.25, 0.3) is 0 Å². The number of hydrogen-bond acceptors (Lipinski definition) is 3. The van der Waals surface area contributed by atoms with Crippen molar-refractivity contribution in [3.05, 3.63) is 35.4 Å². The normalized spacial score (nSPS) is 24.8. The van der Waals surface area contributed by atoms with Crippen LogP contribution in [0.4, 0.5) is 8.78 Å². The average molecular weight is 299 g/mol. The molecule has 4 nitrogen and oxygen atoms in total. The third-order valence-electron chi connectivity index (χ3n) is 4.07. The number of rotatable bonds is 5. The SMILES string of the molecule is CC1CCC(CC(CN)(C(=O)O)c2cc(F)cc(F)c2)O1. The second-order valence-electron chi connectivity index (χ2n) is 5.60. The second-order valence-corrected chi connectivity index (χ2v) is 5.60. The Morgan fingerprint density at radius 3 is 2.43 bits per heavy atom. The van der Waals surface area contributed by atoms with Gasteiger partial charge in [0.2, 0.25) is 0 Å². The molecule has 0 amide bonds. The van der Waals surface area contributed by atoms with Gasteiger partial charge < -0.3 is 15.6 Å². The minimum Gasteiger partial charge on any atom is -0.481 e. The van der Waals surface area contributed by atoms with Gasteiger partial charge >= 0.3 is 5.97 Å². The van der Waals surface area contributed by atoms with Gasteiger partial charge in [0.15, 0.2) is 0 Å². The van der Waals surface area contributed by atoms with Crippen LogP contribution in [-0.2, 0) is 14.9 Å². The maximum atomic E-state index is 13.4. The van der Waals surface area contributed by atoms with Crippen LogP contribution in [0.15, 0.2) is 18.2 Å². The molecule has 1 aromatic carbocycles. The van der Waals surface area contributed by atoms with Crippen molar-refractivity contribution in [2.24, 2.45) is 5.73 Å². The number of nitrogens with two attached hydrogens (primary N) is 1. The highest BCUT2D eigenvalue weighted by Gasteiger charge is 2.43. The van der Waals surface area contributed by atoms with Crippen molar-refractivity contribution in [1.29, 1.82) is 0 Å². The van der Waals surface area contributed by atoms with Crippen LogP contribution < -0.4 is 5.73 Å². The number of carboxylic acid groups (broad SMARTS) is 1. The highest BCUT2D eigenvalue weighted by Crippen LogP contribution is 2.35. The van der Waals surface area contributed by atoms with Crippen molar-refractivity contribution in [3.63, 3.8) is 0 Å². The molecule has 2 rings (SSSR count). The van der Waals surface area contributed by atoms with Gasteiger partial charge in [0.05, 0.1) is 12.2 Å². The van der Waals surface area contributed by atoms with E-state index in [-0.39, 0.29) is 30.7 Å². The van der Waals surface area contributed by atoms with Crippen molar-refractivity contribution in [1.82, 2.24) is 0 Å². The maximum absolute atomic E-state index is 13.4. The summed E-state index contributed by atoms with van der Waals surface area (Å²) >= 11 is 0. The fourth-order valence-electron chi connectivity index (χ4n) is 2.87. The lowest BCUT2D eigenvalue weighted by atomic mass is 9.75. The predicted molar refractivity (Wildman–Crippen MR) is 72.9 cm³/mol. The van der Waals surface area contributed by atoms with Crippen molar-refractivity contribution in [3.8, 4) is 0 Å². The van der Waals surface area contributed by atoms with Crippen molar-refractivity contribution >= 4 is 5.97 Å². The van der Waals surface area contributed by atoms with Crippen LogP contribution in [-0.4, -0.2) is 29.8 Å². The lowest BCUT2D eigenvalue weighted by molar-refractivity contribution is -0.145. The summed E-state index contributed by atoms with van der Waals surface area (Å²) in [5.41, 5.74) is 4.17. The molecule has 1 aliphatic heterocycles. The maximum Gasteiger partial charge on any atom is 0.315 e. The fraction of sp³-hybridized carbons (Fsp3) is 0.533. The van der Waals surface area contributed by atoms with Crippen molar-refractivity contribution in [2.45, 2.75) is 43.8 Å². The van der Waals surface area contributed by atoms with Crippen LogP contribution in [0, 0.1) is 11.6 Å². The molecule has 1 saturated heterocycles. The van der Waals surface area contributed by atoms with Crippen LogP contribution in [0.2, 0.25) is 0 Å². The Hall–Kier alpha value is -1.53. The van der Waals surface area contributed by atoms with Gasteiger partial charge in [0.1, 0.15) is 17.0 Å². The van der Waals surface area contributed by atoms with E-state index in [1.807, 2.05) is 6.92 Å². The molecule has 1 aromatic rings. The van der Waals surface area contributed by atoms with Crippen LogP contribution >= 0.6 is 0 Å². The zero-order valence-corrected chi connectivity index (χ0v) is 11.8. The first-order valence-corrected chi connectivity index (χ1v) is 6.93. The number of halogens is 2.